The summed E-state index contributed by atoms with van der Waals surface area (Å²) in [5, 5.41) is 80.1. The molecule has 2 amide bonds. The summed E-state index contributed by atoms with van der Waals surface area (Å²) in [7, 11) is 1.31. The van der Waals surface area contributed by atoms with Crippen LogP contribution in [-0.4, -0.2) is 182 Å². The Morgan fingerprint density at radius 1 is 0.554 bits per heavy atom. The van der Waals surface area contributed by atoms with Crippen molar-refractivity contribution >= 4 is 88.8 Å². The predicted molar refractivity (Wildman–Crippen MR) is 348 cm³/mol. The molecule has 0 spiro atoms. The molecule has 0 aliphatic rings. The van der Waals surface area contributed by atoms with Gasteiger partial charge in [0.25, 0.3) is 0 Å². The number of ether oxygens (including phenoxy) is 7. The molecule has 6 aromatic rings. The first kappa shape index (κ1) is 84.9. The molecule has 92 heavy (non-hydrogen) atoms. The number of halogens is 3. The van der Waals surface area contributed by atoms with Gasteiger partial charge in [-0.3, -0.25) is 0 Å². The minimum atomic E-state index is -1.18. The topological polar surface area (TPSA) is 443 Å². The fourth-order valence-corrected chi connectivity index (χ4v) is 5.78. The maximum Gasteiger partial charge on any atom is 0.407 e. The van der Waals surface area contributed by atoms with Crippen molar-refractivity contribution in [2.24, 2.45) is 5.73 Å². The van der Waals surface area contributed by atoms with Crippen molar-refractivity contribution in [3.05, 3.63) is 137 Å². The fraction of sp³-hybridized carbons (Fsp3) is 0.356. The molecule has 0 saturated carbocycles. The lowest BCUT2D eigenvalue weighted by atomic mass is 10.2. The van der Waals surface area contributed by atoms with E-state index in [2.05, 4.69) is 80.9 Å². The molecule has 6 rings (SSSR count). The molecule has 0 fully saturated rings. The SMILES string of the molecule is Brc1ncccn1.CC(C)(C)OC(=O)NCCO.COC(=O)c1ccc(O)cc1O.COC(=O)c1ccc(OCCNC(=O)OC(C)(C)C)cc1O.C[Si](C)(C)Cl.Cl.NCCOc1ccc(C(=O)O)c(O)c1.O=C(O)c1ccc(OCCNc2ncccn2)cc1O. The Balaban J connectivity index is 0. The Morgan fingerprint density at radius 3 is 1.23 bits per heavy atom. The van der Waals surface area contributed by atoms with Crippen molar-refractivity contribution in [1.82, 2.24) is 30.6 Å². The first-order chi connectivity index (χ1) is 42.5. The summed E-state index contributed by atoms with van der Waals surface area (Å²) in [6.45, 7) is 19.0. The third-order valence-corrected chi connectivity index (χ3v) is 9.53. The highest BCUT2D eigenvalue weighted by Gasteiger charge is 2.18. The quantitative estimate of drug-likeness (QED) is 0.00953. The Hall–Kier alpha value is -9.14. The molecule has 0 aliphatic heterocycles. The largest absolute Gasteiger partial charge is 0.508 e. The molecule has 13 N–H and O–H groups in total. The molecule has 0 bridgehead atoms. The minimum Gasteiger partial charge on any atom is -0.508 e. The van der Waals surface area contributed by atoms with Gasteiger partial charge in [-0.25, -0.2) is 48.7 Å². The van der Waals surface area contributed by atoms with Crippen LogP contribution in [0.5, 0.6) is 46.0 Å². The van der Waals surface area contributed by atoms with Gasteiger partial charge in [-0.05, 0) is 118 Å². The van der Waals surface area contributed by atoms with E-state index < -0.39 is 54.6 Å². The number of benzene rings is 4. The standard InChI is InChI=1S/C15H21NO6.C13H13N3O4.C9H11NO4.C8H8O4.C7H15NO3.C4H3BrN2.C3H9ClSi.ClH/c1-15(2,3)22-14(19)16-7-8-21-10-5-6-11(12(17)9-10)13(18)20-4;17-11-8-9(2-3-10(11)12(18)19)20-7-6-16-13-14-4-1-5-15-13;10-3-4-14-6-1-2-7(9(12)13)8(11)5-6;1-12-8(11)6-3-2-5(9)4-7(6)10;1-7(2,3)11-6(10)8-4-5-9;5-4-6-2-1-3-7-4;1-5(2,3)4;/h5-6,9,17H,7-8H2,1-4H3,(H,16,19);1-5,8,17H,6-7H2,(H,18,19)(H,14,15,16);1-2,5,11H,3-4,10H2,(H,12,13);2-4,9-10H,1H3;9H,4-5H2,1-3H3,(H,8,10);1-3H;1-3H3;1H. The highest BCUT2D eigenvalue weighted by molar-refractivity contribution is 9.10. The van der Waals surface area contributed by atoms with Gasteiger partial charge in [0.15, 0.2) is 4.73 Å². The number of phenols is 5. The Kier molecular flexibility index (Phi) is 41.7. The number of methoxy groups -OCH3 is 2. The molecule has 2 aromatic heterocycles. The normalized spacial score (nSPS) is 10.1. The lowest BCUT2D eigenvalue weighted by Crippen LogP contribution is -2.34. The predicted octanol–water partition coefficient (Wildman–Crippen LogP) is 8.99. The number of aromatic nitrogens is 4. The number of carbonyl (C=O) groups excluding carboxylic acids is 4. The summed E-state index contributed by atoms with van der Waals surface area (Å²) >= 11 is 8.76. The highest BCUT2D eigenvalue weighted by atomic mass is 79.9. The monoisotopic (exact) mass is 1410 g/mol. The number of phenolic OH excluding ortho intramolecular Hbond substituents is 3. The second-order valence-electron chi connectivity index (χ2n) is 20.3. The number of amides is 2. The molecule has 0 saturated heterocycles. The number of nitrogens with one attached hydrogen (secondary N) is 3. The number of nitrogens with two attached hydrogens (primary N) is 1. The van der Waals surface area contributed by atoms with E-state index in [-0.39, 0.29) is 89.7 Å². The van der Waals surface area contributed by atoms with Crippen LogP contribution in [0.2, 0.25) is 19.6 Å². The number of anilines is 1. The number of nitrogens with zero attached hydrogens (tertiary/aromatic N) is 4. The molecule has 508 valence electrons. The van der Waals surface area contributed by atoms with Gasteiger partial charge in [-0.15, -0.1) is 12.4 Å². The number of esters is 2. The number of aliphatic hydroxyl groups excluding tert-OH is 1. The number of aliphatic hydroxyl groups is 1. The first-order valence-electron chi connectivity index (χ1n) is 26.9. The van der Waals surface area contributed by atoms with Gasteiger partial charge >= 0.3 is 36.1 Å². The van der Waals surface area contributed by atoms with Gasteiger partial charge in [-0.2, -0.15) is 11.1 Å². The van der Waals surface area contributed by atoms with E-state index >= 15 is 0 Å². The van der Waals surface area contributed by atoms with E-state index in [1.807, 2.05) is 0 Å². The maximum atomic E-state index is 11.4. The fourth-order valence-electron chi connectivity index (χ4n) is 5.54. The number of carboxylic acid groups (broad SMARTS) is 2. The van der Waals surface area contributed by atoms with Gasteiger partial charge in [-0.1, -0.05) is 19.6 Å². The summed E-state index contributed by atoms with van der Waals surface area (Å²) in [4.78, 5) is 81.2. The van der Waals surface area contributed by atoms with Crippen molar-refractivity contribution in [2.75, 3.05) is 72.1 Å². The van der Waals surface area contributed by atoms with E-state index in [0.717, 1.165) is 6.07 Å². The van der Waals surface area contributed by atoms with Crippen molar-refractivity contribution in [3.8, 4) is 46.0 Å². The molecule has 29 nitrogen and oxygen atoms in total. The van der Waals surface area contributed by atoms with Crippen molar-refractivity contribution < 1.29 is 103 Å². The van der Waals surface area contributed by atoms with E-state index in [9.17, 15) is 44.1 Å². The Bertz CT molecular complexity index is 3160. The van der Waals surface area contributed by atoms with Gasteiger partial charge in [0.2, 0.25) is 5.95 Å². The molecule has 0 aliphatic carbocycles. The van der Waals surface area contributed by atoms with Crippen LogP contribution >= 0.6 is 39.4 Å². The van der Waals surface area contributed by atoms with Crippen LogP contribution in [-0.2, 0) is 18.9 Å². The lowest BCUT2D eigenvalue weighted by Gasteiger charge is -2.19. The summed E-state index contributed by atoms with van der Waals surface area (Å²) in [6.07, 6.45) is 5.58. The lowest BCUT2D eigenvalue weighted by molar-refractivity contribution is 0.0508. The van der Waals surface area contributed by atoms with Crippen LogP contribution in [0.4, 0.5) is 15.5 Å². The number of aromatic hydroxyl groups is 5. The second kappa shape index (κ2) is 45.2. The minimum absolute atomic E-state index is 0. The number of hydrogen-bond donors (Lipinski definition) is 12. The number of carboxylic acids is 2. The van der Waals surface area contributed by atoms with E-state index in [1.54, 1.807) is 78.5 Å². The van der Waals surface area contributed by atoms with Gasteiger partial charge in [0.1, 0.15) is 107 Å². The Morgan fingerprint density at radius 2 is 0.902 bits per heavy atom. The third kappa shape index (κ3) is 42.0. The summed E-state index contributed by atoms with van der Waals surface area (Å²) in [5.74, 6) is -3.21. The molecule has 0 atom stereocenters. The van der Waals surface area contributed by atoms with Crippen LogP contribution in [0.1, 0.15) is 83.0 Å². The van der Waals surface area contributed by atoms with Crippen molar-refractivity contribution in [1.29, 1.82) is 0 Å². The molecular formula is C59H81BrCl2N8O21Si. The number of alkyl carbamates (subject to hydrolysis) is 2. The number of hydrogen-bond acceptors (Lipinski definition) is 25. The Labute approximate surface area is 552 Å². The third-order valence-electron chi connectivity index (χ3n) is 9.12. The zero-order chi connectivity index (χ0) is 69.3. The summed E-state index contributed by atoms with van der Waals surface area (Å²) < 4.78 is 35.3. The zero-order valence-electron chi connectivity index (χ0n) is 52.5. The van der Waals surface area contributed by atoms with E-state index in [4.69, 9.17) is 66.0 Å². The molecule has 0 unspecified atom stereocenters. The molecular weight excluding hydrogens is 1340 g/mol. The van der Waals surface area contributed by atoms with Crippen LogP contribution in [0, 0.1) is 0 Å². The van der Waals surface area contributed by atoms with E-state index in [0.29, 0.717) is 54.2 Å². The number of rotatable bonds is 18. The first-order valence-corrected chi connectivity index (χ1v) is 32.2. The average Bonchev–Trinajstić information content (AvgIpc) is 1.51. The summed E-state index contributed by atoms with van der Waals surface area (Å²) in [5.41, 5.74) is 3.97. The zero-order valence-corrected chi connectivity index (χ0v) is 56.6. The number of aromatic carboxylic acids is 2. The molecule has 2 heterocycles. The van der Waals surface area contributed by atoms with Crippen LogP contribution < -0.4 is 35.9 Å². The van der Waals surface area contributed by atoms with Gasteiger partial charge in [0, 0.05) is 62.1 Å². The second-order valence-corrected chi connectivity index (χ2v) is 28.6. The van der Waals surface area contributed by atoms with Crippen LogP contribution in [0.25, 0.3) is 0 Å². The molecule has 4 aromatic carbocycles. The van der Waals surface area contributed by atoms with E-state index in [1.165, 1.54) is 80.9 Å². The highest BCUT2D eigenvalue weighted by Crippen LogP contribution is 2.27. The van der Waals surface area contributed by atoms with Gasteiger partial charge in [0.05, 0.1) is 33.9 Å². The van der Waals surface area contributed by atoms with Gasteiger partial charge < -0.3 is 95.7 Å². The summed E-state index contributed by atoms with van der Waals surface area (Å²) in [6, 6.07) is 19.4. The van der Waals surface area contributed by atoms with Crippen LogP contribution in [0.3, 0.4) is 0 Å². The average molecular weight is 1420 g/mol. The van der Waals surface area contributed by atoms with Crippen LogP contribution in [0.15, 0.2) is 114 Å². The van der Waals surface area contributed by atoms with Crippen molar-refractivity contribution in [2.45, 2.75) is 72.4 Å². The smallest absolute Gasteiger partial charge is 0.407 e. The number of carbonyl (C=O) groups is 6. The molecule has 0 radical (unpaired) electrons. The molecule has 33 heteroatoms. The maximum absolute atomic E-state index is 11.4. The van der Waals surface area contributed by atoms with Crippen molar-refractivity contribution in [3.63, 3.8) is 0 Å².